The fourth-order valence-corrected chi connectivity index (χ4v) is 4.44. The van der Waals surface area contributed by atoms with Gasteiger partial charge in [-0.1, -0.05) is 66.5 Å². The van der Waals surface area contributed by atoms with Crippen LogP contribution in [0, 0.1) is 5.41 Å². The van der Waals surface area contributed by atoms with E-state index in [1.54, 1.807) is 12.1 Å². The molecule has 1 N–H and O–H groups in total. The van der Waals surface area contributed by atoms with E-state index in [4.69, 9.17) is 23.2 Å². The third-order valence-corrected chi connectivity index (χ3v) is 6.10. The van der Waals surface area contributed by atoms with Crippen LogP contribution < -0.4 is 10.9 Å². The molecule has 5 heteroatoms. The molecule has 1 fully saturated rings. The van der Waals surface area contributed by atoms with Gasteiger partial charge in [0.25, 0.3) is 0 Å². The predicted octanol–water partition coefficient (Wildman–Crippen LogP) is 7.03. The minimum atomic E-state index is -0.303. The molecule has 162 valence electrons. The Balaban J connectivity index is 0.000000330. The van der Waals surface area contributed by atoms with Gasteiger partial charge in [-0.2, -0.15) is 0 Å². The zero-order chi connectivity index (χ0) is 22.3. The highest BCUT2D eigenvalue weighted by atomic mass is 35.5. The molecule has 31 heavy (non-hydrogen) atoms. The minimum absolute atomic E-state index is 0.206. The molecule has 1 aliphatic heterocycles. The summed E-state index contributed by atoms with van der Waals surface area (Å²) in [7, 11) is 0. The molecule has 0 radical (unpaired) electrons. The molecule has 2 aromatic carbocycles. The average molecular weight is 456 g/mol. The van der Waals surface area contributed by atoms with Crippen molar-refractivity contribution in [3.05, 3.63) is 117 Å². The van der Waals surface area contributed by atoms with Gasteiger partial charge in [-0.15, -0.1) is 6.58 Å². The Bertz CT molecular complexity index is 1030. The molecule has 0 unspecified atom stereocenters. The minimum Gasteiger partial charge on any atom is -0.431 e. The van der Waals surface area contributed by atoms with Crippen LogP contribution in [0.2, 0.25) is 10.0 Å². The molecule has 4 rings (SSSR count). The zero-order valence-corrected chi connectivity index (χ0v) is 19.1. The summed E-state index contributed by atoms with van der Waals surface area (Å²) >= 11 is 12.3. The lowest BCUT2D eigenvalue weighted by molar-refractivity contribution is 0.176. The van der Waals surface area contributed by atoms with Gasteiger partial charge in [0.15, 0.2) is 0 Å². The average Bonchev–Trinajstić information content (AvgIpc) is 2.76. The topological polar surface area (TPSA) is 42.2 Å². The molecule has 1 saturated heterocycles. The summed E-state index contributed by atoms with van der Waals surface area (Å²) in [6, 6.07) is 21.3. The van der Waals surface area contributed by atoms with Crippen molar-refractivity contribution in [3.8, 4) is 0 Å². The van der Waals surface area contributed by atoms with Gasteiger partial charge in [0.05, 0.1) is 6.26 Å². The Morgan fingerprint density at radius 2 is 1.84 bits per heavy atom. The number of hydrogen-bond acceptors (Lipinski definition) is 3. The second-order valence-corrected chi connectivity index (χ2v) is 9.08. The Morgan fingerprint density at radius 3 is 2.42 bits per heavy atom. The van der Waals surface area contributed by atoms with Gasteiger partial charge in [0.2, 0.25) is 0 Å². The van der Waals surface area contributed by atoms with E-state index in [1.807, 2.05) is 30.3 Å². The van der Waals surface area contributed by atoms with Crippen LogP contribution in [0.1, 0.15) is 42.9 Å². The van der Waals surface area contributed by atoms with E-state index in [0.717, 1.165) is 29.4 Å². The molecule has 1 aliphatic rings. The van der Waals surface area contributed by atoms with Gasteiger partial charge in [-0.3, -0.25) is 0 Å². The van der Waals surface area contributed by atoms with Crippen LogP contribution in [0.25, 0.3) is 0 Å². The van der Waals surface area contributed by atoms with Gasteiger partial charge in [0, 0.05) is 34.6 Å². The number of nitrogens with one attached hydrogen (secondary N) is 1. The molecule has 2 heterocycles. The number of rotatable bonds is 4. The molecule has 0 bridgehead atoms. The largest absolute Gasteiger partial charge is 0.431 e. The smallest absolute Gasteiger partial charge is 0.335 e. The normalized spacial score (nSPS) is 22.8. The standard InChI is InChI=1S/C21H23Cl2N.C5H4O2/c1-3-11-21(2)13-19(16-5-4-6-18(23)12-16)20(24-14-21)15-7-9-17(22)10-8-15;6-5-3-1-2-4-7-5/h3-10,12,19-20,24H,1,11,13-14H2,2H3;1-4H/t19-,20+,21+;/m1./s1. The monoisotopic (exact) mass is 455 g/mol. The molecule has 0 aliphatic carbocycles. The Labute approximate surface area is 193 Å². The van der Waals surface area contributed by atoms with Crippen molar-refractivity contribution < 1.29 is 4.42 Å². The number of benzene rings is 2. The van der Waals surface area contributed by atoms with Gasteiger partial charge in [-0.05, 0) is 59.7 Å². The van der Waals surface area contributed by atoms with E-state index in [9.17, 15) is 4.79 Å². The van der Waals surface area contributed by atoms with Crippen LogP contribution >= 0.6 is 23.2 Å². The Morgan fingerprint density at radius 1 is 1.06 bits per heavy atom. The zero-order valence-electron chi connectivity index (χ0n) is 17.6. The van der Waals surface area contributed by atoms with Gasteiger partial charge >= 0.3 is 5.63 Å². The first kappa shape index (κ1) is 23.3. The van der Waals surface area contributed by atoms with Crippen LogP contribution in [0.5, 0.6) is 0 Å². The maximum Gasteiger partial charge on any atom is 0.335 e. The van der Waals surface area contributed by atoms with Crippen molar-refractivity contribution >= 4 is 23.2 Å². The molecule has 3 nitrogen and oxygen atoms in total. The first-order chi connectivity index (χ1) is 14.9. The fourth-order valence-electron chi connectivity index (χ4n) is 4.12. The molecule has 0 amide bonds. The van der Waals surface area contributed by atoms with E-state index in [-0.39, 0.29) is 17.1 Å². The van der Waals surface area contributed by atoms with E-state index < -0.39 is 0 Å². The second-order valence-electron chi connectivity index (χ2n) is 8.20. The van der Waals surface area contributed by atoms with Gasteiger partial charge in [-0.25, -0.2) is 4.79 Å². The van der Waals surface area contributed by atoms with Crippen molar-refractivity contribution in [3.63, 3.8) is 0 Å². The molecule has 0 spiro atoms. The highest BCUT2D eigenvalue weighted by Crippen LogP contribution is 2.46. The van der Waals surface area contributed by atoms with Crippen molar-refractivity contribution in [1.82, 2.24) is 5.32 Å². The third-order valence-electron chi connectivity index (χ3n) is 5.61. The highest BCUT2D eigenvalue weighted by Gasteiger charge is 2.38. The Hall–Kier alpha value is -2.33. The molecule has 1 aromatic heterocycles. The molecule has 0 saturated carbocycles. The maximum absolute atomic E-state index is 10.1. The van der Waals surface area contributed by atoms with E-state index in [1.165, 1.54) is 23.5 Å². The highest BCUT2D eigenvalue weighted by molar-refractivity contribution is 6.30. The summed E-state index contributed by atoms with van der Waals surface area (Å²) in [6.45, 7) is 7.24. The summed E-state index contributed by atoms with van der Waals surface area (Å²) in [5, 5.41) is 5.32. The van der Waals surface area contributed by atoms with Crippen molar-refractivity contribution in [2.24, 2.45) is 5.41 Å². The first-order valence-corrected chi connectivity index (χ1v) is 11.0. The lowest BCUT2D eigenvalue weighted by atomic mass is 9.69. The fraction of sp³-hybridized carbons (Fsp3) is 0.269. The number of hydrogen-bond donors (Lipinski definition) is 1. The number of allylic oxidation sites excluding steroid dienone is 1. The van der Waals surface area contributed by atoms with E-state index in [0.29, 0.717) is 5.92 Å². The van der Waals surface area contributed by atoms with E-state index >= 15 is 0 Å². The summed E-state index contributed by atoms with van der Waals surface area (Å²) in [4.78, 5) is 10.1. The van der Waals surface area contributed by atoms with Crippen LogP contribution in [0.4, 0.5) is 0 Å². The van der Waals surface area contributed by atoms with Crippen molar-refractivity contribution in [2.45, 2.75) is 31.7 Å². The van der Waals surface area contributed by atoms with Crippen molar-refractivity contribution in [1.29, 1.82) is 0 Å². The lowest BCUT2D eigenvalue weighted by Crippen LogP contribution is -2.44. The molecule has 3 aromatic rings. The molecular formula is C26H27Cl2NO2. The Kier molecular flexibility index (Phi) is 8.14. The lowest BCUT2D eigenvalue weighted by Gasteiger charge is -2.44. The van der Waals surface area contributed by atoms with E-state index in [2.05, 4.69) is 47.5 Å². The predicted molar refractivity (Wildman–Crippen MR) is 129 cm³/mol. The SMILES string of the molecule is C=CC[C@]1(C)CN[C@@H](c2ccc(Cl)cc2)[C@@H](c2cccc(Cl)c2)C1.O=c1cccco1. The summed E-state index contributed by atoms with van der Waals surface area (Å²) in [5.41, 5.74) is 2.45. The number of piperidine rings is 1. The summed E-state index contributed by atoms with van der Waals surface area (Å²) < 4.78 is 4.37. The van der Waals surface area contributed by atoms with Gasteiger partial charge in [0.1, 0.15) is 0 Å². The van der Waals surface area contributed by atoms with Gasteiger partial charge < -0.3 is 9.73 Å². The van der Waals surface area contributed by atoms with Crippen molar-refractivity contribution in [2.75, 3.05) is 6.54 Å². The summed E-state index contributed by atoms with van der Waals surface area (Å²) in [6.07, 6.45) is 5.48. The quantitative estimate of drug-likeness (QED) is 0.429. The third kappa shape index (κ3) is 6.57. The summed E-state index contributed by atoms with van der Waals surface area (Å²) in [5.74, 6) is 0.364. The van der Waals surface area contributed by atoms with Crippen LogP contribution in [0.3, 0.4) is 0 Å². The first-order valence-electron chi connectivity index (χ1n) is 10.3. The number of halogens is 2. The molecular weight excluding hydrogens is 429 g/mol. The van der Waals surface area contributed by atoms with Crippen LogP contribution in [0.15, 0.2) is 94.9 Å². The maximum atomic E-state index is 10.1. The van der Waals surface area contributed by atoms with Crippen LogP contribution in [-0.2, 0) is 0 Å². The molecule has 3 atom stereocenters. The second kappa shape index (κ2) is 10.8. The van der Waals surface area contributed by atoms with Crippen LogP contribution in [-0.4, -0.2) is 6.54 Å².